The highest BCUT2D eigenvalue weighted by molar-refractivity contribution is 7.14. The molecule has 144 valence electrons. The number of nitrogens with one attached hydrogen (secondary N) is 1. The first kappa shape index (κ1) is 18.7. The summed E-state index contributed by atoms with van der Waals surface area (Å²) in [5.41, 5.74) is 1.80. The molecule has 5 nitrogen and oxygen atoms in total. The number of fused-ring (bicyclic) bond motifs is 1. The number of rotatable bonds is 4. The maximum absolute atomic E-state index is 13.4. The second kappa shape index (κ2) is 8.14. The molecule has 0 aliphatic carbocycles. The molecule has 2 aliphatic heterocycles. The summed E-state index contributed by atoms with van der Waals surface area (Å²) in [6, 6.07) is 7.13. The van der Waals surface area contributed by atoms with E-state index in [0.29, 0.717) is 12.7 Å². The Morgan fingerprint density at radius 1 is 1.30 bits per heavy atom. The fourth-order valence-corrected chi connectivity index (χ4v) is 4.84. The Morgan fingerprint density at radius 2 is 2.11 bits per heavy atom. The van der Waals surface area contributed by atoms with Gasteiger partial charge in [0, 0.05) is 31.4 Å². The van der Waals surface area contributed by atoms with Crippen LogP contribution in [-0.2, 0) is 0 Å². The van der Waals surface area contributed by atoms with E-state index in [9.17, 15) is 4.39 Å². The smallest absolute Gasteiger partial charge is 0.141 e. The Bertz CT molecular complexity index is 835. The number of aliphatic hydroxyl groups excluding tert-OH is 1. The van der Waals surface area contributed by atoms with Gasteiger partial charge in [-0.15, -0.1) is 11.3 Å². The maximum Gasteiger partial charge on any atom is 0.141 e. The summed E-state index contributed by atoms with van der Waals surface area (Å²) in [6.45, 7) is 3.59. The zero-order chi connectivity index (χ0) is 18.8. The molecule has 0 unspecified atom stereocenters. The number of β-amino-alcohol motifs (C(OH)–C–C–N with tert-alkyl or cyclic N) is 1. The van der Waals surface area contributed by atoms with Crippen molar-refractivity contribution in [2.24, 2.45) is 4.99 Å². The van der Waals surface area contributed by atoms with Crippen molar-refractivity contribution in [3.05, 3.63) is 46.0 Å². The van der Waals surface area contributed by atoms with Gasteiger partial charge in [0.05, 0.1) is 17.2 Å². The third-order valence-corrected chi connectivity index (χ3v) is 6.38. The number of nitrogens with zero attached hydrogens (tertiary/aromatic N) is 3. The second-order valence-electron chi connectivity index (χ2n) is 6.81. The van der Waals surface area contributed by atoms with Crippen molar-refractivity contribution in [1.82, 2.24) is 4.90 Å². The minimum atomic E-state index is -0.428. The summed E-state index contributed by atoms with van der Waals surface area (Å²) in [7, 11) is 0. The summed E-state index contributed by atoms with van der Waals surface area (Å²) in [5, 5.41) is 15.8. The lowest BCUT2D eigenvalue weighted by molar-refractivity contribution is 0.163. The van der Waals surface area contributed by atoms with Gasteiger partial charge in [0.1, 0.15) is 23.3 Å². The predicted octanol–water partition coefficient (Wildman–Crippen LogP) is 3.63. The fraction of sp³-hybridized carbons (Fsp3) is 0.421. The summed E-state index contributed by atoms with van der Waals surface area (Å²) in [4.78, 5) is 9.45. The molecule has 8 heteroatoms. The summed E-state index contributed by atoms with van der Waals surface area (Å²) < 4.78 is 13.4. The zero-order valence-corrected chi connectivity index (χ0v) is 16.4. The van der Waals surface area contributed by atoms with Gasteiger partial charge in [0.15, 0.2) is 0 Å². The van der Waals surface area contributed by atoms with Crippen LogP contribution in [0.4, 0.5) is 15.1 Å². The van der Waals surface area contributed by atoms with E-state index >= 15 is 0 Å². The number of aliphatic imine (C=N–C) groups is 1. The van der Waals surface area contributed by atoms with Crippen molar-refractivity contribution in [3.8, 4) is 0 Å². The van der Waals surface area contributed by atoms with E-state index in [4.69, 9.17) is 21.7 Å². The second-order valence-corrected chi connectivity index (χ2v) is 8.11. The normalized spacial score (nSPS) is 18.3. The zero-order valence-electron chi connectivity index (χ0n) is 14.9. The first-order chi connectivity index (χ1) is 13.2. The summed E-state index contributed by atoms with van der Waals surface area (Å²) >= 11 is 7.61. The minimum absolute atomic E-state index is 0.0956. The summed E-state index contributed by atoms with van der Waals surface area (Å²) in [6.07, 6.45) is 2.15. The number of hydrogen-bond donors (Lipinski definition) is 2. The molecule has 2 aromatic rings. The van der Waals surface area contributed by atoms with E-state index in [1.807, 2.05) is 0 Å². The molecule has 0 radical (unpaired) electrons. The molecule has 2 N–H and O–H groups in total. The van der Waals surface area contributed by atoms with E-state index in [-0.39, 0.29) is 11.6 Å². The highest BCUT2D eigenvalue weighted by Crippen LogP contribution is 2.35. The van der Waals surface area contributed by atoms with Crippen LogP contribution in [0.1, 0.15) is 18.4 Å². The lowest BCUT2D eigenvalue weighted by Gasteiger charge is -2.40. The molecule has 0 saturated carbocycles. The van der Waals surface area contributed by atoms with Gasteiger partial charge in [0.2, 0.25) is 0 Å². The number of aliphatic hydroxyl groups is 1. The molecule has 27 heavy (non-hydrogen) atoms. The largest absolute Gasteiger partial charge is 0.395 e. The van der Waals surface area contributed by atoms with Crippen LogP contribution in [0.2, 0.25) is 5.02 Å². The van der Waals surface area contributed by atoms with Crippen molar-refractivity contribution in [2.45, 2.75) is 18.9 Å². The fourth-order valence-electron chi connectivity index (χ4n) is 3.69. The molecule has 0 spiro atoms. The quantitative estimate of drug-likeness (QED) is 0.811. The summed E-state index contributed by atoms with van der Waals surface area (Å²) in [5.74, 6) is 0.366. The minimum Gasteiger partial charge on any atom is -0.395 e. The van der Waals surface area contributed by atoms with Gasteiger partial charge < -0.3 is 20.2 Å². The Balaban J connectivity index is 1.48. The van der Waals surface area contributed by atoms with Crippen LogP contribution >= 0.6 is 22.9 Å². The molecule has 1 saturated heterocycles. The number of likely N-dealkylation sites (tertiary alicyclic amines) is 1. The lowest BCUT2D eigenvalue weighted by Crippen LogP contribution is -2.47. The topological polar surface area (TPSA) is 51.1 Å². The number of hydrogen-bond acceptors (Lipinski definition) is 6. The molecule has 0 atom stereocenters. The predicted molar refractivity (Wildman–Crippen MR) is 110 cm³/mol. The average Bonchev–Trinajstić information content (AvgIpc) is 3.16. The number of halogens is 2. The van der Waals surface area contributed by atoms with Crippen LogP contribution in [0, 0.1) is 5.82 Å². The molecule has 4 rings (SSSR count). The molecular formula is C19H22ClFN4OS. The Morgan fingerprint density at radius 3 is 2.85 bits per heavy atom. The Labute approximate surface area is 167 Å². The number of benzene rings is 1. The molecule has 0 amide bonds. The van der Waals surface area contributed by atoms with Crippen molar-refractivity contribution in [3.63, 3.8) is 0 Å². The molecular weight excluding hydrogens is 387 g/mol. The van der Waals surface area contributed by atoms with Crippen LogP contribution in [0.25, 0.3) is 0 Å². The van der Waals surface area contributed by atoms with E-state index < -0.39 is 5.82 Å². The van der Waals surface area contributed by atoms with Gasteiger partial charge in [-0.25, -0.2) is 9.38 Å². The van der Waals surface area contributed by atoms with Crippen molar-refractivity contribution < 1.29 is 9.50 Å². The molecule has 3 heterocycles. The number of piperidine rings is 1. The standard InChI is InChI=1S/C19H22ClFN4OS/c20-16-11-13(1-2-17(16)21)23-18-15-5-10-27-19(15)25(12-22-18)14-3-6-24(7-4-14)8-9-26/h1-2,5,10-11,14,26H,3-4,6-9,12H2,(H,22,23). The highest BCUT2D eigenvalue weighted by atomic mass is 35.5. The number of thiophene rings is 1. The van der Waals surface area contributed by atoms with Crippen molar-refractivity contribution in [1.29, 1.82) is 0 Å². The van der Waals surface area contributed by atoms with Crippen LogP contribution in [0.3, 0.4) is 0 Å². The highest BCUT2D eigenvalue weighted by Gasteiger charge is 2.30. The molecule has 1 fully saturated rings. The van der Waals surface area contributed by atoms with Gasteiger partial charge in [-0.3, -0.25) is 0 Å². The molecule has 1 aromatic heterocycles. The van der Waals surface area contributed by atoms with Gasteiger partial charge in [-0.05, 0) is 42.5 Å². The van der Waals surface area contributed by atoms with Crippen LogP contribution in [0.5, 0.6) is 0 Å². The van der Waals surface area contributed by atoms with E-state index in [1.165, 1.54) is 11.1 Å². The first-order valence-electron chi connectivity index (χ1n) is 9.10. The van der Waals surface area contributed by atoms with Crippen LogP contribution in [0.15, 0.2) is 34.6 Å². The van der Waals surface area contributed by atoms with Crippen LogP contribution in [-0.4, -0.2) is 54.8 Å². The Kier molecular flexibility index (Phi) is 5.63. The third kappa shape index (κ3) is 3.96. The first-order valence-corrected chi connectivity index (χ1v) is 10.4. The van der Waals surface area contributed by atoms with Gasteiger partial charge >= 0.3 is 0 Å². The van der Waals surface area contributed by atoms with Crippen LogP contribution < -0.4 is 10.2 Å². The van der Waals surface area contributed by atoms with Crippen molar-refractivity contribution in [2.75, 3.05) is 43.1 Å². The number of amidine groups is 1. The van der Waals surface area contributed by atoms with Crippen molar-refractivity contribution >= 4 is 39.5 Å². The van der Waals surface area contributed by atoms with E-state index in [2.05, 4.69) is 26.6 Å². The molecule has 2 aliphatic rings. The lowest BCUT2D eigenvalue weighted by atomic mass is 10.0. The van der Waals surface area contributed by atoms with E-state index in [1.54, 1.807) is 23.5 Å². The monoisotopic (exact) mass is 408 g/mol. The third-order valence-electron chi connectivity index (χ3n) is 5.14. The SMILES string of the molecule is OCCN1CCC(N2CN=C(Nc3ccc(F)c(Cl)c3)c3ccsc32)CC1. The van der Waals surface area contributed by atoms with Gasteiger partial charge in [0.25, 0.3) is 0 Å². The van der Waals surface area contributed by atoms with Gasteiger partial charge in [-0.1, -0.05) is 11.6 Å². The van der Waals surface area contributed by atoms with Gasteiger partial charge in [-0.2, -0.15) is 0 Å². The molecule has 0 bridgehead atoms. The average molecular weight is 409 g/mol. The maximum atomic E-state index is 13.4. The van der Waals surface area contributed by atoms with E-state index in [0.717, 1.165) is 49.6 Å². The molecule has 1 aromatic carbocycles. The number of anilines is 2. The Hall–Kier alpha value is -1.67.